The van der Waals surface area contributed by atoms with Gasteiger partial charge in [-0.25, -0.2) is 0 Å². The van der Waals surface area contributed by atoms with Gasteiger partial charge in [-0.2, -0.15) is 0 Å². The molecule has 1 fully saturated rings. The Morgan fingerprint density at radius 2 is 1.85 bits per heavy atom. The molecule has 1 saturated heterocycles. The van der Waals surface area contributed by atoms with Gasteiger partial charge in [0.2, 0.25) is 0 Å². The lowest BCUT2D eigenvalue weighted by Gasteiger charge is -2.46. The number of aliphatic hydroxyl groups excluding tert-OH is 1. The minimum absolute atomic E-state index is 0.0312. The van der Waals surface area contributed by atoms with Gasteiger partial charge in [0.25, 0.3) is 0 Å². The van der Waals surface area contributed by atoms with E-state index in [4.69, 9.17) is 14.3 Å². The fraction of sp³-hybridized carbons (Fsp3) is 0.933. The molecule has 0 radical (unpaired) electrons. The molecule has 4 atom stereocenters. The Balaban J connectivity index is 2.92. The summed E-state index contributed by atoms with van der Waals surface area (Å²) in [5.41, 5.74) is 0. The van der Waals surface area contributed by atoms with Gasteiger partial charge in [0, 0.05) is 18.9 Å². The van der Waals surface area contributed by atoms with Gasteiger partial charge in [0.05, 0.1) is 12.0 Å². The molecule has 1 aliphatic rings. The molecule has 0 aromatic rings. The number of cyclic esters (lactones) is 1. The molecule has 0 spiro atoms. The Labute approximate surface area is 124 Å². The van der Waals surface area contributed by atoms with E-state index < -0.39 is 8.32 Å². The highest BCUT2D eigenvalue weighted by atomic mass is 28.4. The maximum Gasteiger partial charge on any atom is 0.311 e. The molecule has 0 aromatic heterocycles. The first kappa shape index (κ1) is 17.7. The zero-order chi connectivity index (χ0) is 15.7. The van der Waals surface area contributed by atoms with Crippen LogP contribution < -0.4 is 0 Å². The molecule has 1 rings (SSSR count). The van der Waals surface area contributed by atoms with E-state index in [-0.39, 0.29) is 41.7 Å². The van der Waals surface area contributed by atoms with Crippen molar-refractivity contribution in [2.75, 3.05) is 6.61 Å². The summed E-state index contributed by atoms with van der Waals surface area (Å²) >= 11 is 0. The Kier molecular flexibility index (Phi) is 5.44. The van der Waals surface area contributed by atoms with Crippen LogP contribution in [-0.4, -0.2) is 38.2 Å². The molecular formula is C15H30O4Si. The summed E-state index contributed by atoms with van der Waals surface area (Å²) in [4.78, 5) is 12.0. The van der Waals surface area contributed by atoms with Gasteiger partial charge < -0.3 is 14.3 Å². The summed E-state index contributed by atoms with van der Waals surface area (Å²) in [6.07, 6.45) is 0.129. The predicted octanol–water partition coefficient (Wildman–Crippen LogP) is 2.96. The molecule has 20 heavy (non-hydrogen) atoms. The van der Waals surface area contributed by atoms with E-state index in [1.165, 1.54) is 0 Å². The Bertz CT molecular complexity index is 348. The third kappa shape index (κ3) is 3.62. The van der Waals surface area contributed by atoms with Crippen molar-refractivity contribution >= 4 is 14.3 Å². The maximum atomic E-state index is 12.0. The highest BCUT2D eigenvalue weighted by molar-refractivity contribution is 6.74. The molecular weight excluding hydrogens is 272 g/mol. The van der Waals surface area contributed by atoms with E-state index in [1.807, 2.05) is 6.92 Å². The van der Waals surface area contributed by atoms with Gasteiger partial charge in [-0.1, -0.05) is 27.7 Å². The lowest BCUT2D eigenvalue weighted by Crippen LogP contribution is -2.54. The van der Waals surface area contributed by atoms with Gasteiger partial charge in [0.1, 0.15) is 6.10 Å². The van der Waals surface area contributed by atoms with Crippen molar-refractivity contribution in [2.24, 2.45) is 11.8 Å². The van der Waals surface area contributed by atoms with Crippen LogP contribution in [0.25, 0.3) is 0 Å². The van der Waals surface area contributed by atoms with Crippen LogP contribution in [0.4, 0.5) is 0 Å². The summed E-state index contributed by atoms with van der Waals surface area (Å²) in [5, 5.41) is 9.22. The van der Waals surface area contributed by atoms with E-state index in [1.54, 1.807) is 0 Å². The summed E-state index contributed by atoms with van der Waals surface area (Å²) in [7, 11) is -1.93. The van der Waals surface area contributed by atoms with Gasteiger partial charge >= 0.3 is 5.97 Å². The standard InChI is InChI=1S/C15H30O4Si/c1-10-12(8-9-16)18-14(17)11(2)13(10)19-20(6,7)15(3,4)5/h10-13,16H,8-9H2,1-7H3/t10-,11+,12-,13-/m0/s1. The van der Waals surface area contributed by atoms with Crippen LogP contribution >= 0.6 is 0 Å². The Morgan fingerprint density at radius 3 is 2.30 bits per heavy atom. The monoisotopic (exact) mass is 302 g/mol. The molecule has 0 aliphatic carbocycles. The highest BCUT2D eigenvalue weighted by Crippen LogP contribution is 2.41. The second-order valence-corrected chi connectivity index (χ2v) is 12.2. The van der Waals surface area contributed by atoms with Crippen LogP contribution in [0.15, 0.2) is 0 Å². The molecule has 118 valence electrons. The van der Waals surface area contributed by atoms with Crippen molar-refractivity contribution in [3.8, 4) is 0 Å². The minimum Gasteiger partial charge on any atom is -0.462 e. The SMILES string of the molecule is C[C@@H]1[C@H](O[Si](C)(C)C(C)(C)C)[C@@H](C)C(=O)O[C@H]1CCO. The Morgan fingerprint density at radius 1 is 1.30 bits per heavy atom. The van der Waals surface area contributed by atoms with Crippen molar-refractivity contribution in [3.63, 3.8) is 0 Å². The molecule has 4 nitrogen and oxygen atoms in total. The van der Waals surface area contributed by atoms with Crippen LogP contribution in [-0.2, 0) is 14.0 Å². The number of carbonyl (C=O) groups is 1. The van der Waals surface area contributed by atoms with Gasteiger partial charge in [-0.3, -0.25) is 4.79 Å². The third-order valence-electron chi connectivity index (χ3n) is 4.89. The summed E-state index contributed by atoms with van der Waals surface area (Å²) in [5.74, 6) is -0.330. The molecule has 0 bridgehead atoms. The first-order chi connectivity index (χ1) is 9.01. The van der Waals surface area contributed by atoms with Crippen LogP contribution in [0, 0.1) is 11.8 Å². The molecule has 0 amide bonds. The zero-order valence-electron chi connectivity index (χ0n) is 13.9. The molecule has 1 N–H and O–H groups in total. The second-order valence-electron chi connectivity index (χ2n) is 7.48. The minimum atomic E-state index is -1.93. The summed E-state index contributed by atoms with van der Waals surface area (Å²) in [6, 6.07) is 0. The molecule has 0 unspecified atom stereocenters. The van der Waals surface area contributed by atoms with E-state index >= 15 is 0 Å². The molecule has 5 heteroatoms. The van der Waals surface area contributed by atoms with Crippen molar-refractivity contribution in [3.05, 3.63) is 0 Å². The number of esters is 1. The number of hydrogen-bond donors (Lipinski definition) is 1. The smallest absolute Gasteiger partial charge is 0.311 e. The predicted molar refractivity (Wildman–Crippen MR) is 82.0 cm³/mol. The topological polar surface area (TPSA) is 55.8 Å². The number of hydrogen-bond acceptors (Lipinski definition) is 4. The van der Waals surface area contributed by atoms with Crippen molar-refractivity contribution < 1.29 is 19.1 Å². The summed E-state index contributed by atoms with van der Waals surface area (Å²) in [6.45, 7) is 15.0. The first-order valence-corrected chi connectivity index (χ1v) is 10.4. The van der Waals surface area contributed by atoms with Crippen LogP contribution in [0.1, 0.15) is 41.0 Å². The van der Waals surface area contributed by atoms with E-state index in [0.29, 0.717) is 6.42 Å². The van der Waals surface area contributed by atoms with E-state index in [2.05, 4.69) is 40.8 Å². The van der Waals surface area contributed by atoms with Gasteiger partial charge in [-0.15, -0.1) is 0 Å². The largest absolute Gasteiger partial charge is 0.462 e. The van der Waals surface area contributed by atoms with E-state index in [9.17, 15) is 4.79 Å². The highest BCUT2D eigenvalue weighted by Gasteiger charge is 2.47. The molecule has 0 saturated carbocycles. The lowest BCUT2D eigenvalue weighted by atomic mass is 9.85. The Hall–Kier alpha value is -0.393. The normalized spacial score (nSPS) is 32.1. The first-order valence-electron chi connectivity index (χ1n) is 7.50. The average molecular weight is 302 g/mol. The van der Waals surface area contributed by atoms with Gasteiger partial charge in [-0.05, 0) is 25.1 Å². The quantitative estimate of drug-likeness (QED) is 0.641. The van der Waals surface area contributed by atoms with Crippen molar-refractivity contribution in [1.29, 1.82) is 0 Å². The number of ether oxygens (including phenoxy) is 1. The lowest BCUT2D eigenvalue weighted by molar-refractivity contribution is -0.177. The molecule has 1 aliphatic heterocycles. The van der Waals surface area contributed by atoms with Gasteiger partial charge in [0.15, 0.2) is 8.32 Å². The maximum absolute atomic E-state index is 12.0. The number of rotatable bonds is 4. The number of carbonyl (C=O) groups excluding carboxylic acids is 1. The van der Waals surface area contributed by atoms with Crippen molar-refractivity contribution in [2.45, 2.75) is 71.4 Å². The zero-order valence-corrected chi connectivity index (χ0v) is 14.9. The molecule has 1 heterocycles. The van der Waals surface area contributed by atoms with E-state index in [0.717, 1.165) is 0 Å². The van der Waals surface area contributed by atoms with Crippen LogP contribution in [0.2, 0.25) is 18.1 Å². The van der Waals surface area contributed by atoms with Crippen LogP contribution in [0.3, 0.4) is 0 Å². The second kappa shape index (κ2) is 6.16. The molecule has 0 aromatic carbocycles. The summed E-state index contributed by atoms with van der Waals surface area (Å²) < 4.78 is 11.9. The fourth-order valence-corrected chi connectivity index (χ4v) is 3.79. The van der Waals surface area contributed by atoms with Crippen LogP contribution in [0.5, 0.6) is 0 Å². The third-order valence-corrected chi connectivity index (χ3v) is 9.36. The average Bonchev–Trinajstić information content (AvgIpc) is 2.30. The number of aliphatic hydroxyl groups is 1. The fourth-order valence-electron chi connectivity index (χ4n) is 2.34. The van der Waals surface area contributed by atoms with Crippen molar-refractivity contribution in [1.82, 2.24) is 0 Å².